The Kier molecular flexibility index (Phi) is 6.92. The zero-order valence-corrected chi connectivity index (χ0v) is 18.1. The summed E-state index contributed by atoms with van der Waals surface area (Å²) >= 11 is 0. The number of aromatic nitrogens is 1. The van der Waals surface area contributed by atoms with Gasteiger partial charge in [-0.25, -0.2) is 14.0 Å². The largest absolute Gasteiger partial charge is 0.456 e. The molecule has 0 radical (unpaired) electrons. The zero-order valence-electron chi connectivity index (χ0n) is 18.1. The summed E-state index contributed by atoms with van der Waals surface area (Å²) in [4.78, 5) is 40.5. The normalized spacial score (nSPS) is 12.2. The highest BCUT2D eigenvalue weighted by Crippen LogP contribution is 2.20. The number of carbonyl (C=O) groups excluding carboxylic acids is 3. The van der Waals surface area contributed by atoms with Crippen molar-refractivity contribution in [3.63, 3.8) is 0 Å². The molecule has 7 nitrogen and oxygen atoms in total. The molecule has 3 aromatic rings. The van der Waals surface area contributed by atoms with Crippen LogP contribution in [0, 0.1) is 5.82 Å². The van der Waals surface area contributed by atoms with Crippen LogP contribution in [0.5, 0.6) is 0 Å². The summed E-state index contributed by atoms with van der Waals surface area (Å²) in [5, 5.41) is 3.44. The lowest BCUT2D eigenvalue weighted by Gasteiger charge is -2.23. The number of benzene rings is 2. The summed E-state index contributed by atoms with van der Waals surface area (Å²) in [6.07, 6.45) is 1.11. The molecule has 0 saturated heterocycles. The van der Waals surface area contributed by atoms with Crippen molar-refractivity contribution in [2.45, 2.75) is 38.8 Å². The third kappa shape index (κ3) is 6.16. The van der Waals surface area contributed by atoms with Gasteiger partial charge in [-0.2, -0.15) is 0 Å². The highest BCUT2D eigenvalue weighted by atomic mass is 19.1. The fourth-order valence-corrected chi connectivity index (χ4v) is 3.12. The lowest BCUT2D eigenvalue weighted by molar-refractivity contribution is -0.145. The molecular formula is C24H25FN2O5. The van der Waals surface area contributed by atoms with Gasteiger partial charge in [0, 0.05) is 29.1 Å². The summed E-state index contributed by atoms with van der Waals surface area (Å²) in [5.74, 6) is -1.74. The van der Waals surface area contributed by atoms with E-state index >= 15 is 0 Å². The molecule has 3 rings (SSSR count). The molecule has 1 heterocycles. The fraction of sp³-hybridized carbons (Fsp3) is 0.292. The third-order valence-corrected chi connectivity index (χ3v) is 4.59. The SMILES string of the molecule is CC(C)(C)OC(=O)N[C@H](Cc1c[nH]c2ccccc12)C(=O)OCC(=O)c1ccc(F)cc1. The molecular weight excluding hydrogens is 415 g/mol. The number of fused-ring (bicyclic) bond motifs is 1. The van der Waals surface area contributed by atoms with Crippen molar-refractivity contribution in [3.05, 3.63) is 71.7 Å². The number of H-pyrrole nitrogens is 1. The molecule has 32 heavy (non-hydrogen) atoms. The number of ketones is 1. The van der Waals surface area contributed by atoms with Gasteiger partial charge in [0.2, 0.25) is 0 Å². The van der Waals surface area contributed by atoms with E-state index in [1.54, 1.807) is 27.0 Å². The van der Waals surface area contributed by atoms with Crippen LogP contribution in [0.3, 0.4) is 0 Å². The molecule has 0 aliphatic carbocycles. The highest BCUT2D eigenvalue weighted by molar-refractivity contribution is 5.98. The van der Waals surface area contributed by atoms with Gasteiger partial charge in [0.15, 0.2) is 12.4 Å². The second-order valence-electron chi connectivity index (χ2n) is 8.30. The number of aromatic amines is 1. The van der Waals surface area contributed by atoms with Crippen LogP contribution in [0.2, 0.25) is 0 Å². The highest BCUT2D eigenvalue weighted by Gasteiger charge is 2.27. The van der Waals surface area contributed by atoms with Gasteiger partial charge in [0.05, 0.1) is 0 Å². The predicted octanol–water partition coefficient (Wildman–Crippen LogP) is 4.17. The smallest absolute Gasteiger partial charge is 0.408 e. The predicted molar refractivity (Wildman–Crippen MR) is 117 cm³/mol. The topological polar surface area (TPSA) is 97.5 Å². The van der Waals surface area contributed by atoms with Crippen LogP contribution in [0.15, 0.2) is 54.7 Å². The first-order valence-corrected chi connectivity index (χ1v) is 10.1. The Morgan fingerprint density at radius 1 is 1.06 bits per heavy atom. The molecule has 1 atom stereocenters. The van der Waals surface area contributed by atoms with Crippen LogP contribution >= 0.6 is 0 Å². The number of alkyl carbamates (subject to hydrolysis) is 1. The molecule has 2 N–H and O–H groups in total. The molecule has 8 heteroatoms. The number of hydrogen-bond acceptors (Lipinski definition) is 5. The molecule has 0 unspecified atom stereocenters. The van der Waals surface area contributed by atoms with Crippen molar-refractivity contribution in [1.29, 1.82) is 0 Å². The number of carbonyl (C=O) groups is 3. The van der Waals surface area contributed by atoms with Gasteiger partial charge >= 0.3 is 12.1 Å². The maximum Gasteiger partial charge on any atom is 0.408 e. The fourth-order valence-electron chi connectivity index (χ4n) is 3.12. The second-order valence-corrected chi connectivity index (χ2v) is 8.30. The van der Waals surface area contributed by atoms with Crippen LogP contribution in [-0.2, 0) is 20.7 Å². The third-order valence-electron chi connectivity index (χ3n) is 4.59. The van der Waals surface area contributed by atoms with Crippen molar-refractivity contribution in [2.75, 3.05) is 6.61 Å². The Morgan fingerprint density at radius 3 is 2.44 bits per heavy atom. The molecule has 0 aliphatic heterocycles. The van der Waals surface area contributed by atoms with Crippen LogP contribution in [0.4, 0.5) is 9.18 Å². The number of halogens is 1. The minimum Gasteiger partial charge on any atom is -0.456 e. The minimum absolute atomic E-state index is 0.132. The Labute approximate surface area is 184 Å². The number of rotatable bonds is 7. The monoisotopic (exact) mass is 440 g/mol. The standard InChI is InChI=1S/C24H25FN2O5/c1-24(2,3)32-23(30)27-20(12-16-13-26-19-7-5-4-6-18(16)19)22(29)31-14-21(28)15-8-10-17(25)11-9-15/h4-11,13,20,26H,12,14H2,1-3H3,(H,27,30)/t20-/m1/s1. The van der Waals surface area contributed by atoms with Crippen molar-refractivity contribution in [1.82, 2.24) is 10.3 Å². The summed E-state index contributed by atoms with van der Waals surface area (Å²) in [5.41, 5.74) is 1.15. The summed E-state index contributed by atoms with van der Waals surface area (Å²) < 4.78 is 23.5. The van der Waals surface area contributed by atoms with Gasteiger partial charge < -0.3 is 19.8 Å². The lowest BCUT2D eigenvalue weighted by atomic mass is 10.1. The number of esters is 1. The van der Waals surface area contributed by atoms with Gasteiger partial charge in [0.1, 0.15) is 17.5 Å². The van der Waals surface area contributed by atoms with E-state index in [0.717, 1.165) is 28.6 Å². The van der Waals surface area contributed by atoms with E-state index in [2.05, 4.69) is 10.3 Å². The minimum atomic E-state index is -1.08. The van der Waals surface area contributed by atoms with E-state index in [1.807, 2.05) is 24.3 Å². The van der Waals surface area contributed by atoms with Crippen LogP contribution in [0.1, 0.15) is 36.7 Å². The lowest BCUT2D eigenvalue weighted by Crippen LogP contribution is -2.45. The quantitative estimate of drug-likeness (QED) is 0.425. The van der Waals surface area contributed by atoms with Gasteiger partial charge in [-0.15, -0.1) is 0 Å². The van der Waals surface area contributed by atoms with Crippen LogP contribution < -0.4 is 5.32 Å². The van der Waals surface area contributed by atoms with Crippen molar-refractivity contribution >= 4 is 28.7 Å². The molecule has 0 spiro atoms. The van der Waals surface area contributed by atoms with Crippen LogP contribution in [0.25, 0.3) is 10.9 Å². The van der Waals surface area contributed by atoms with Crippen molar-refractivity contribution in [2.24, 2.45) is 0 Å². The molecule has 2 aromatic carbocycles. The van der Waals surface area contributed by atoms with Gasteiger partial charge in [-0.05, 0) is 56.7 Å². The van der Waals surface area contributed by atoms with Gasteiger partial charge in [0.25, 0.3) is 0 Å². The summed E-state index contributed by atoms with van der Waals surface area (Å²) in [6, 6.07) is 11.4. The molecule has 0 aliphatic rings. The Bertz CT molecular complexity index is 1120. The molecule has 168 valence electrons. The molecule has 1 amide bonds. The van der Waals surface area contributed by atoms with Crippen molar-refractivity contribution in [3.8, 4) is 0 Å². The molecule has 0 bridgehead atoms. The Morgan fingerprint density at radius 2 is 1.75 bits per heavy atom. The number of amides is 1. The number of hydrogen-bond donors (Lipinski definition) is 2. The maximum absolute atomic E-state index is 13.0. The summed E-state index contributed by atoms with van der Waals surface area (Å²) in [7, 11) is 0. The second kappa shape index (κ2) is 9.64. The summed E-state index contributed by atoms with van der Waals surface area (Å²) in [6.45, 7) is 4.59. The maximum atomic E-state index is 13.0. The first kappa shape index (κ1) is 23.0. The van der Waals surface area contributed by atoms with E-state index in [-0.39, 0.29) is 12.0 Å². The Hall–Kier alpha value is -3.68. The van der Waals surface area contributed by atoms with Crippen molar-refractivity contribution < 1.29 is 28.2 Å². The van der Waals surface area contributed by atoms with Gasteiger partial charge in [-0.3, -0.25) is 4.79 Å². The average molecular weight is 440 g/mol. The number of nitrogens with one attached hydrogen (secondary N) is 2. The molecule has 0 fully saturated rings. The Balaban J connectivity index is 1.73. The van der Waals surface area contributed by atoms with E-state index < -0.39 is 41.9 Å². The number of Topliss-reactive ketones (excluding diaryl/α,β-unsaturated/α-hetero) is 1. The van der Waals surface area contributed by atoms with Crippen LogP contribution in [-0.4, -0.2) is 41.1 Å². The molecule has 1 aromatic heterocycles. The van der Waals surface area contributed by atoms with E-state index in [0.29, 0.717) is 0 Å². The number of para-hydroxylation sites is 1. The van der Waals surface area contributed by atoms with E-state index in [1.165, 1.54) is 12.1 Å². The number of ether oxygens (including phenoxy) is 2. The average Bonchev–Trinajstić information content (AvgIpc) is 3.13. The first-order valence-electron chi connectivity index (χ1n) is 10.1. The zero-order chi connectivity index (χ0) is 23.3. The molecule has 0 saturated carbocycles. The van der Waals surface area contributed by atoms with E-state index in [4.69, 9.17) is 9.47 Å². The first-order chi connectivity index (χ1) is 15.1. The van der Waals surface area contributed by atoms with E-state index in [9.17, 15) is 18.8 Å². The van der Waals surface area contributed by atoms with Gasteiger partial charge in [-0.1, -0.05) is 18.2 Å².